The molecule has 7 N–H and O–H groups in total. The predicted octanol–water partition coefficient (Wildman–Crippen LogP) is 0.662. The Kier molecular flexibility index (Phi) is 12.6. The molecule has 6 unspecified atom stereocenters. The Morgan fingerprint density at radius 2 is 1.33 bits per heavy atom. The Morgan fingerprint density at radius 1 is 0.806 bits per heavy atom. The summed E-state index contributed by atoms with van der Waals surface area (Å²) < 4.78 is 0. The average Bonchev–Trinajstić information content (AvgIpc) is 2.84. The number of benzene rings is 1. The number of nitrogens with one attached hydrogen (secondary N) is 3. The minimum absolute atomic E-state index is 0.0671. The van der Waals surface area contributed by atoms with Gasteiger partial charge in [0, 0.05) is 6.42 Å². The molecule has 1 aromatic carbocycles. The Labute approximate surface area is 211 Å². The summed E-state index contributed by atoms with van der Waals surface area (Å²) >= 11 is 0. The molecule has 200 valence electrons. The van der Waals surface area contributed by atoms with Gasteiger partial charge in [-0.2, -0.15) is 0 Å². The van der Waals surface area contributed by atoms with Crippen molar-refractivity contribution >= 4 is 29.7 Å². The number of amides is 3. The van der Waals surface area contributed by atoms with Crippen LogP contribution in [0.3, 0.4) is 0 Å². The van der Waals surface area contributed by atoms with E-state index in [0.717, 1.165) is 5.56 Å². The molecule has 0 saturated heterocycles. The molecule has 11 nitrogen and oxygen atoms in total. The zero-order valence-corrected chi connectivity index (χ0v) is 21.2. The molecule has 0 fully saturated rings. The topological polar surface area (TPSA) is 188 Å². The average molecular weight is 507 g/mol. The monoisotopic (exact) mass is 506 g/mol. The maximum absolute atomic E-state index is 13.2. The first-order valence-corrected chi connectivity index (χ1v) is 12.1. The smallest absolute Gasteiger partial charge is 0.326 e. The molecule has 36 heavy (non-hydrogen) atoms. The van der Waals surface area contributed by atoms with Crippen molar-refractivity contribution in [3.8, 4) is 0 Å². The highest BCUT2D eigenvalue weighted by atomic mass is 16.4. The van der Waals surface area contributed by atoms with Crippen molar-refractivity contribution in [3.63, 3.8) is 0 Å². The predicted molar refractivity (Wildman–Crippen MR) is 133 cm³/mol. The van der Waals surface area contributed by atoms with Crippen molar-refractivity contribution in [2.45, 2.75) is 77.5 Å². The summed E-state index contributed by atoms with van der Waals surface area (Å²) in [5, 5.41) is 26.1. The molecule has 0 aliphatic carbocycles. The van der Waals surface area contributed by atoms with Crippen LogP contribution in [0.1, 0.15) is 52.5 Å². The van der Waals surface area contributed by atoms with Crippen LogP contribution >= 0.6 is 0 Å². The minimum Gasteiger partial charge on any atom is -0.481 e. The van der Waals surface area contributed by atoms with Gasteiger partial charge in [-0.05, 0) is 17.4 Å². The first kappa shape index (κ1) is 30.6. The fourth-order valence-corrected chi connectivity index (χ4v) is 3.43. The second-order valence-corrected chi connectivity index (χ2v) is 9.03. The number of rotatable bonds is 15. The maximum Gasteiger partial charge on any atom is 0.326 e. The second-order valence-electron chi connectivity index (χ2n) is 9.03. The number of carboxylic acids is 2. The zero-order valence-electron chi connectivity index (χ0n) is 21.2. The zero-order chi connectivity index (χ0) is 27.4. The molecule has 6 atom stereocenters. The lowest BCUT2D eigenvalue weighted by molar-refractivity contribution is -0.144. The minimum atomic E-state index is -1.56. The van der Waals surface area contributed by atoms with E-state index in [1.807, 2.05) is 6.92 Å². The van der Waals surface area contributed by atoms with E-state index in [0.29, 0.717) is 12.8 Å². The summed E-state index contributed by atoms with van der Waals surface area (Å²) in [7, 11) is 0. The Bertz CT molecular complexity index is 909. The van der Waals surface area contributed by atoms with Crippen LogP contribution in [-0.4, -0.2) is 64.0 Å². The largest absolute Gasteiger partial charge is 0.481 e. The molecule has 0 aliphatic rings. The molecule has 0 radical (unpaired) electrons. The highest BCUT2D eigenvalue weighted by molar-refractivity contribution is 5.95. The van der Waals surface area contributed by atoms with E-state index in [1.165, 1.54) is 0 Å². The van der Waals surface area contributed by atoms with E-state index in [1.54, 1.807) is 51.1 Å². The first-order chi connectivity index (χ1) is 16.9. The van der Waals surface area contributed by atoms with E-state index in [-0.39, 0.29) is 12.3 Å². The van der Waals surface area contributed by atoms with Gasteiger partial charge in [-0.1, -0.05) is 70.9 Å². The normalized spacial score (nSPS) is 15.9. The van der Waals surface area contributed by atoms with Crippen molar-refractivity contribution < 1.29 is 34.2 Å². The standard InChI is InChI=1S/C25H38N4O7/c1-5-14(3)20(26)24(34)28-17(12-16-10-8-7-9-11-16)22(32)27-18(13-19(30)31)23(33)29-21(25(35)36)15(4)6-2/h7-11,14-15,17-18,20-21H,5-6,12-13,26H2,1-4H3,(H,27,32)(H,28,34)(H,29,33)(H,30,31)(H,35,36). The number of hydrogen-bond donors (Lipinski definition) is 6. The van der Waals surface area contributed by atoms with Gasteiger partial charge in [-0.15, -0.1) is 0 Å². The third-order valence-corrected chi connectivity index (χ3v) is 6.26. The lowest BCUT2D eigenvalue weighted by Crippen LogP contribution is -2.59. The van der Waals surface area contributed by atoms with Crippen molar-refractivity contribution in [2.75, 3.05) is 0 Å². The summed E-state index contributed by atoms with van der Waals surface area (Å²) in [5.74, 6) is -5.51. The van der Waals surface area contributed by atoms with E-state index < -0.39 is 66.2 Å². The van der Waals surface area contributed by atoms with Gasteiger partial charge in [-0.25, -0.2) is 4.79 Å². The Morgan fingerprint density at radius 3 is 1.83 bits per heavy atom. The quantitative estimate of drug-likeness (QED) is 0.200. The number of carboxylic acid groups (broad SMARTS) is 2. The van der Waals surface area contributed by atoms with Crippen LogP contribution in [0.5, 0.6) is 0 Å². The molecule has 0 heterocycles. The van der Waals surface area contributed by atoms with Gasteiger partial charge in [0.1, 0.15) is 18.1 Å². The van der Waals surface area contributed by atoms with E-state index in [4.69, 9.17) is 5.73 Å². The fourth-order valence-electron chi connectivity index (χ4n) is 3.43. The van der Waals surface area contributed by atoms with Crippen LogP contribution in [0.4, 0.5) is 0 Å². The van der Waals surface area contributed by atoms with Crippen LogP contribution in [0, 0.1) is 11.8 Å². The molecule has 1 aromatic rings. The highest BCUT2D eigenvalue weighted by Crippen LogP contribution is 2.11. The molecular formula is C25H38N4O7. The number of hydrogen-bond acceptors (Lipinski definition) is 6. The highest BCUT2D eigenvalue weighted by Gasteiger charge is 2.33. The number of nitrogens with two attached hydrogens (primary N) is 1. The molecule has 11 heteroatoms. The molecule has 0 bridgehead atoms. The third kappa shape index (κ3) is 9.65. The number of carbonyl (C=O) groups excluding carboxylic acids is 3. The Balaban J connectivity index is 3.15. The van der Waals surface area contributed by atoms with Crippen LogP contribution < -0.4 is 21.7 Å². The summed E-state index contributed by atoms with van der Waals surface area (Å²) in [6, 6.07) is 3.99. The van der Waals surface area contributed by atoms with Crippen molar-refractivity contribution in [2.24, 2.45) is 17.6 Å². The van der Waals surface area contributed by atoms with Crippen LogP contribution in [-0.2, 0) is 30.4 Å². The van der Waals surface area contributed by atoms with Gasteiger partial charge in [0.2, 0.25) is 17.7 Å². The van der Waals surface area contributed by atoms with Crippen molar-refractivity contribution in [1.29, 1.82) is 0 Å². The summed E-state index contributed by atoms with van der Waals surface area (Å²) in [6.07, 6.45) is 0.390. The first-order valence-electron chi connectivity index (χ1n) is 12.1. The Hall–Kier alpha value is -3.47. The SMILES string of the molecule is CCC(C)C(N)C(=O)NC(Cc1ccccc1)C(=O)NC(CC(=O)O)C(=O)NC(C(=O)O)C(C)CC. The fraction of sp³-hybridized carbons (Fsp3) is 0.560. The molecule has 0 aliphatic heterocycles. The van der Waals surface area contributed by atoms with E-state index in [2.05, 4.69) is 16.0 Å². The van der Waals surface area contributed by atoms with Gasteiger partial charge >= 0.3 is 11.9 Å². The molecule has 0 saturated carbocycles. The van der Waals surface area contributed by atoms with Crippen LogP contribution in [0.25, 0.3) is 0 Å². The van der Waals surface area contributed by atoms with E-state index in [9.17, 15) is 34.2 Å². The maximum atomic E-state index is 13.2. The van der Waals surface area contributed by atoms with E-state index >= 15 is 0 Å². The molecule has 1 rings (SSSR count). The van der Waals surface area contributed by atoms with Gasteiger partial charge in [0.25, 0.3) is 0 Å². The van der Waals surface area contributed by atoms with Gasteiger partial charge < -0.3 is 31.9 Å². The summed E-state index contributed by atoms with van der Waals surface area (Å²) in [5.41, 5.74) is 6.73. The summed E-state index contributed by atoms with van der Waals surface area (Å²) in [4.78, 5) is 61.8. The molecule has 0 spiro atoms. The molecule has 0 aromatic heterocycles. The van der Waals surface area contributed by atoms with Gasteiger partial charge in [0.15, 0.2) is 0 Å². The van der Waals surface area contributed by atoms with Crippen molar-refractivity contribution in [3.05, 3.63) is 35.9 Å². The second kappa shape index (κ2) is 14.8. The van der Waals surface area contributed by atoms with Gasteiger partial charge in [0.05, 0.1) is 12.5 Å². The molecular weight excluding hydrogens is 468 g/mol. The summed E-state index contributed by atoms with van der Waals surface area (Å²) in [6.45, 7) is 7.07. The third-order valence-electron chi connectivity index (χ3n) is 6.26. The van der Waals surface area contributed by atoms with Crippen LogP contribution in [0.2, 0.25) is 0 Å². The number of aliphatic carboxylic acids is 2. The lowest BCUT2D eigenvalue weighted by atomic mass is 9.98. The molecule has 3 amide bonds. The number of carbonyl (C=O) groups is 5. The van der Waals surface area contributed by atoms with Crippen molar-refractivity contribution in [1.82, 2.24) is 16.0 Å². The van der Waals surface area contributed by atoms with Gasteiger partial charge in [-0.3, -0.25) is 19.2 Å². The lowest BCUT2D eigenvalue weighted by Gasteiger charge is -2.26. The van der Waals surface area contributed by atoms with Crippen LogP contribution in [0.15, 0.2) is 30.3 Å².